The highest BCUT2D eigenvalue weighted by Gasteiger charge is 2.34. The molecule has 1 aliphatic carbocycles. The molecule has 1 N–H and O–H groups in total. The number of aromatic nitrogens is 2. The number of esters is 1. The number of carbonyl (C=O) groups is 1. The van der Waals surface area contributed by atoms with Crippen LogP contribution >= 0.6 is 0 Å². The van der Waals surface area contributed by atoms with Gasteiger partial charge in [-0.2, -0.15) is 18.3 Å². The van der Waals surface area contributed by atoms with E-state index in [1.807, 2.05) is 0 Å². The van der Waals surface area contributed by atoms with Crippen LogP contribution in [0.15, 0.2) is 34.2 Å². The van der Waals surface area contributed by atoms with Gasteiger partial charge >= 0.3 is 12.1 Å². The summed E-state index contributed by atoms with van der Waals surface area (Å²) < 4.78 is 87.1. The maximum absolute atomic E-state index is 13.4. The van der Waals surface area contributed by atoms with E-state index in [0.29, 0.717) is 42.7 Å². The van der Waals surface area contributed by atoms with E-state index in [1.54, 1.807) is 6.92 Å². The van der Waals surface area contributed by atoms with Crippen LogP contribution in [0, 0.1) is 0 Å². The summed E-state index contributed by atoms with van der Waals surface area (Å²) >= 11 is 0. The first-order valence-corrected chi connectivity index (χ1v) is 13.1. The second-order valence-electron chi connectivity index (χ2n) is 7.40. The fraction of sp³-hybridized carbons (Fsp3) is 0.500. The summed E-state index contributed by atoms with van der Waals surface area (Å²) in [5.41, 5.74) is 0.0334. The van der Waals surface area contributed by atoms with Gasteiger partial charge in [-0.05, 0) is 44.4 Å². The highest BCUT2D eigenvalue weighted by Crippen LogP contribution is 2.34. The second kappa shape index (κ2) is 9.94. The molecule has 33 heavy (non-hydrogen) atoms. The van der Waals surface area contributed by atoms with Gasteiger partial charge in [-0.25, -0.2) is 13.1 Å². The largest absolute Gasteiger partial charge is 0.465 e. The summed E-state index contributed by atoms with van der Waals surface area (Å²) in [5.74, 6) is -0.439. The van der Waals surface area contributed by atoms with E-state index in [9.17, 15) is 30.6 Å². The minimum absolute atomic E-state index is 0.0415. The van der Waals surface area contributed by atoms with Gasteiger partial charge in [0.15, 0.2) is 0 Å². The summed E-state index contributed by atoms with van der Waals surface area (Å²) in [7, 11) is -6.16. The molecule has 1 unspecified atom stereocenters. The molecular formula is C20H24F3N3O5S2. The van der Waals surface area contributed by atoms with Gasteiger partial charge < -0.3 is 4.74 Å². The Balaban J connectivity index is 1.93. The molecule has 0 bridgehead atoms. The number of sulfonamides is 1. The molecule has 0 spiro atoms. The molecule has 1 aliphatic rings. The standard InChI is InChI=1S/C20H24F3N3O5S2/c1-3-31-19(27)12-26-18-7-5-6-17(16(18)11-24-26)25-33(29,30)15-9-13(20(21,22)23)8-14(10-15)32(28)4-2/h8-11,17,25H,3-7,12H2,1-2H3/t17-,32?/m1/s1. The summed E-state index contributed by atoms with van der Waals surface area (Å²) in [6, 6.07) is 1.51. The van der Waals surface area contributed by atoms with Gasteiger partial charge in [0.2, 0.25) is 10.0 Å². The molecule has 8 nitrogen and oxygen atoms in total. The zero-order chi connectivity index (χ0) is 24.4. The lowest BCUT2D eigenvalue weighted by Crippen LogP contribution is -2.31. The maximum atomic E-state index is 13.4. The van der Waals surface area contributed by atoms with Crippen LogP contribution in [0.3, 0.4) is 0 Å². The first-order chi connectivity index (χ1) is 15.5. The van der Waals surface area contributed by atoms with Crippen molar-refractivity contribution >= 4 is 26.8 Å². The van der Waals surface area contributed by atoms with Crippen LogP contribution in [0.4, 0.5) is 13.2 Å². The van der Waals surface area contributed by atoms with E-state index in [2.05, 4.69) is 9.82 Å². The predicted octanol–water partition coefficient (Wildman–Crippen LogP) is 2.95. The average Bonchev–Trinajstić information content (AvgIpc) is 3.16. The Morgan fingerprint density at radius 1 is 1.30 bits per heavy atom. The van der Waals surface area contributed by atoms with Crippen molar-refractivity contribution in [3.63, 3.8) is 0 Å². The molecule has 1 heterocycles. The number of fused-ring (bicyclic) bond motifs is 1. The first-order valence-electron chi connectivity index (χ1n) is 10.3. The minimum atomic E-state index is -4.80. The van der Waals surface area contributed by atoms with Crippen molar-refractivity contribution in [2.24, 2.45) is 0 Å². The molecule has 0 radical (unpaired) electrons. The smallest absolute Gasteiger partial charge is 0.416 e. The Labute approximate surface area is 192 Å². The van der Waals surface area contributed by atoms with Crippen molar-refractivity contribution in [3.05, 3.63) is 41.2 Å². The predicted molar refractivity (Wildman–Crippen MR) is 113 cm³/mol. The highest BCUT2D eigenvalue weighted by atomic mass is 32.2. The lowest BCUT2D eigenvalue weighted by molar-refractivity contribution is -0.144. The number of carbonyl (C=O) groups excluding carboxylic acids is 1. The molecule has 0 fully saturated rings. The molecule has 13 heteroatoms. The SMILES string of the molecule is CCOC(=O)Cn1ncc2c1CCC[C@H]2NS(=O)(=O)c1cc(S(=O)CC)cc(C(F)(F)F)c1. The van der Waals surface area contributed by atoms with Gasteiger partial charge in [-0.15, -0.1) is 0 Å². The van der Waals surface area contributed by atoms with E-state index in [-0.39, 0.29) is 23.8 Å². The van der Waals surface area contributed by atoms with Crippen LogP contribution in [0.25, 0.3) is 0 Å². The van der Waals surface area contributed by atoms with Gasteiger partial charge in [0.1, 0.15) is 6.54 Å². The van der Waals surface area contributed by atoms with Crippen molar-refractivity contribution < 1.29 is 35.3 Å². The van der Waals surface area contributed by atoms with Crippen LogP contribution in [0.5, 0.6) is 0 Å². The average molecular weight is 508 g/mol. The lowest BCUT2D eigenvalue weighted by Gasteiger charge is -2.24. The quantitative estimate of drug-likeness (QED) is 0.551. The number of rotatable bonds is 8. The Morgan fingerprint density at radius 3 is 2.67 bits per heavy atom. The molecule has 0 amide bonds. The third kappa shape index (κ3) is 5.82. The van der Waals surface area contributed by atoms with Gasteiger partial charge in [0, 0.05) is 21.9 Å². The number of alkyl halides is 3. The van der Waals surface area contributed by atoms with E-state index >= 15 is 0 Å². The van der Waals surface area contributed by atoms with E-state index in [1.165, 1.54) is 17.8 Å². The van der Waals surface area contributed by atoms with E-state index in [0.717, 1.165) is 6.07 Å². The Bertz CT molecular complexity index is 1160. The second-order valence-corrected chi connectivity index (χ2v) is 10.9. The molecule has 0 saturated heterocycles. The number of hydrogen-bond acceptors (Lipinski definition) is 6. The van der Waals surface area contributed by atoms with Crippen molar-refractivity contribution in [3.8, 4) is 0 Å². The fourth-order valence-electron chi connectivity index (χ4n) is 3.65. The van der Waals surface area contributed by atoms with Crippen molar-refractivity contribution in [1.82, 2.24) is 14.5 Å². The van der Waals surface area contributed by atoms with Crippen LogP contribution in [-0.2, 0) is 49.5 Å². The Kier molecular flexibility index (Phi) is 7.64. The number of benzene rings is 1. The molecule has 3 rings (SSSR count). The monoisotopic (exact) mass is 507 g/mol. The number of nitrogens with zero attached hydrogens (tertiary/aromatic N) is 2. The fourth-order valence-corrected chi connectivity index (χ4v) is 5.89. The number of halogens is 3. The Hall–Kier alpha value is -2.25. The molecule has 1 aromatic heterocycles. The van der Waals surface area contributed by atoms with Gasteiger partial charge in [0.05, 0.1) is 40.1 Å². The summed E-state index contributed by atoms with van der Waals surface area (Å²) in [4.78, 5) is 11.0. The first kappa shape index (κ1) is 25.4. The van der Waals surface area contributed by atoms with Gasteiger partial charge in [-0.3, -0.25) is 13.7 Å². The third-order valence-electron chi connectivity index (χ3n) is 5.19. The zero-order valence-corrected chi connectivity index (χ0v) is 19.6. The van der Waals surface area contributed by atoms with Gasteiger partial charge in [-0.1, -0.05) is 6.92 Å². The lowest BCUT2D eigenvalue weighted by atomic mass is 9.94. The third-order valence-corrected chi connectivity index (χ3v) is 7.92. The van der Waals surface area contributed by atoms with Crippen LogP contribution in [-0.4, -0.2) is 40.7 Å². The van der Waals surface area contributed by atoms with Crippen molar-refractivity contribution in [2.75, 3.05) is 12.4 Å². The zero-order valence-electron chi connectivity index (χ0n) is 18.0. The van der Waals surface area contributed by atoms with Crippen molar-refractivity contribution in [2.45, 2.75) is 61.7 Å². The maximum Gasteiger partial charge on any atom is 0.416 e. The number of nitrogens with one attached hydrogen (secondary N) is 1. The molecule has 2 atom stereocenters. The van der Waals surface area contributed by atoms with E-state index in [4.69, 9.17) is 4.74 Å². The van der Waals surface area contributed by atoms with Gasteiger partial charge in [0.25, 0.3) is 0 Å². The number of ether oxygens (including phenoxy) is 1. The summed E-state index contributed by atoms with van der Waals surface area (Å²) in [6.45, 7) is 3.30. The minimum Gasteiger partial charge on any atom is -0.465 e. The van der Waals surface area contributed by atoms with Crippen LogP contribution in [0.1, 0.15) is 49.6 Å². The number of hydrogen-bond donors (Lipinski definition) is 1. The summed E-state index contributed by atoms with van der Waals surface area (Å²) in [5, 5.41) is 4.16. The summed E-state index contributed by atoms with van der Waals surface area (Å²) in [6.07, 6.45) is -1.79. The normalized spacial score (nSPS) is 17.4. The molecular weight excluding hydrogens is 483 g/mol. The highest BCUT2D eigenvalue weighted by molar-refractivity contribution is 7.89. The molecule has 2 aromatic rings. The van der Waals surface area contributed by atoms with Crippen LogP contribution < -0.4 is 4.72 Å². The molecule has 0 saturated carbocycles. The topological polar surface area (TPSA) is 107 Å². The van der Waals surface area contributed by atoms with Crippen LogP contribution in [0.2, 0.25) is 0 Å². The molecule has 182 valence electrons. The molecule has 1 aromatic carbocycles. The molecule has 0 aliphatic heterocycles. The van der Waals surface area contributed by atoms with E-state index < -0.39 is 49.5 Å². The van der Waals surface area contributed by atoms with Crippen molar-refractivity contribution in [1.29, 1.82) is 0 Å². The Morgan fingerprint density at radius 2 is 2.03 bits per heavy atom.